The Morgan fingerprint density at radius 1 is 1.10 bits per heavy atom. The molecule has 6 heteroatoms. The lowest BCUT2D eigenvalue weighted by molar-refractivity contribution is 0.0940. The molecule has 0 aromatic heterocycles. The van der Waals surface area contributed by atoms with Gasteiger partial charge < -0.3 is 11.1 Å². The number of carbonyl (C=O) groups is 1. The molecule has 0 aliphatic heterocycles. The number of halogens is 3. The van der Waals surface area contributed by atoms with Gasteiger partial charge in [-0.25, -0.2) is 0 Å². The molecule has 2 rings (SSSR count). The molecule has 110 valence electrons. The maximum Gasteiger partial charge on any atom is 0.251 e. The first-order chi connectivity index (χ1) is 9.90. The molecule has 3 nitrogen and oxygen atoms in total. The van der Waals surface area contributed by atoms with Crippen LogP contribution in [0.5, 0.6) is 0 Å². The smallest absolute Gasteiger partial charge is 0.251 e. The van der Waals surface area contributed by atoms with Crippen molar-refractivity contribution in [3.63, 3.8) is 0 Å². The molecule has 1 atom stereocenters. The molecule has 1 amide bonds. The van der Waals surface area contributed by atoms with Gasteiger partial charge in [-0.05, 0) is 30.7 Å². The van der Waals surface area contributed by atoms with Crippen molar-refractivity contribution in [1.29, 1.82) is 0 Å². The van der Waals surface area contributed by atoms with E-state index in [1.165, 1.54) is 12.1 Å². The molecule has 0 radical (unpaired) electrons. The second-order valence-corrected chi connectivity index (χ2v) is 5.79. The standard InChI is InChI=1S/C15H13Cl3N2O/c1-8(10-4-2-3-5-11(10)16)20-15(21)9-6-12(17)14(19)13(18)7-9/h2-8H,19H2,1H3,(H,20,21)/t8-/m1/s1. The molecule has 0 saturated carbocycles. The molecule has 0 aliphatic carbocycles. The van der Waals surface area contributed by atoms with E-state index in [0.717, 1.165) is 5.56 Å². The summed E-state index contributed by atoms with van der Waals surface area (Å²) in [6.45, 7) is 1.85. The Bertz CT molecular complexity index is 665. The lowest BCUT2D eigenvalue weighted by atomic mass is 10.1. The molecule has 0 heterocycles. The fourth-order valence-corrected chi connectivity index (χ4v) is 2.69. The van der Waals surface area contributed by atoms with E-state index in [1.54, 1.807) is 6.07 Å². The zero-order valence-corrected chi connectivity index (χ0v) is 13.4. The van der Waals surface area contributed by atoms with Gasteiger partial charge in [0.25, 0.3) is 5.91 Å². The summed E-state index contributed by atoms with van der Waals surface area (Å²) >= 11 is 18.0. The van der Waals surface area contributed by atoms with E-state index in [4.69, 9.17) is 40.5 Å². The van der Waals surface area contributed by atoms with E-state index in [1.807, 2.05) is 25.1 Å². The maximum absolute atomic E-state index is 12.2. The molecule has 0 spiro atoms. The third-order valence-corrected chi connectivity index (χ3v) is 4.03. The van der Waals surface area contributed by atoms with Crippen molar-refractivity contribution < 1.29 is 4.79 Å². The molecule has 21 heavy (non-hydrogen) atoms. The zero-order chi connectivity index (χ0) is 15.6. The summed E-state index contributed by atoms with van der Waals surface area (Å²) in [7, 11) is 0. The van der Waals surface area contributed by atoms with Crippen LogP contribution in [0, 0.1) is 0 Å². The van der Waals surface area contributed by atoms with Gasteiger partial charge in [0, 0.05) is 10.6 Å². The Kier molecular flexibility index (Phi) is 4.99. The predicted octanol–water partition coefficient (Wildman–Crippen LogP) is 4.72. The monoisotopic (exact) mass is 342 g/mol. The van der Waals surface area contributed by atoms with Crippen LogP contribution in [-0.4, -0.2) is 5.91 Å². The van der Waals surface area contributed by atoms with Gasteiger partial charge in [0.05, 0.1) is 21.8 Å². The number of nitrogens with one attached hydrogen (secondary N) is 1. The van der Waals surface area contributed by atoms with Crippen molar-refractivity contribution in [3.05, 3.63) is 62.6 Å². The lowest BCUT2D eigenvalue weighted by Crippen LogP contribution is -2.26. The van der Waals surface area contributed by atoms with Crippen LogP contribution >= 0.6 is 34.8 Å². The van der Waals surface area contributed by atoms with Crippen LogP contribution in [0.25, 0.3) is 0 Å². The third kappa shape index (κ3) is 3.62. The van der Waals surface area contributed by atoms with Crippen LogP contribution in [0.3, 0.4) is 0 Å². The number of anilines is 1. The van der Waals surface area contributed by atoms with Crippen molar-refractivity contribution in [3.8, 4) is 0 Å². The SMILES string of the molecule is C[C@@H](NC(=O)c1cc(Cl)c(N)c(Cl)c1)c1ccccc1Cl. The van der Waals surface area contributed by atoms with E-state index in [9.17, 15) is 4.79 Å². The number of nitrogens with two attached hydrogens (primary N) is 1. The molecule has 0 aliphatic rings. The largest absolute Gasteiger partial charge is 0.396 e. The fraction of sp³-hybridized carbons (Fsp3) is 0.133. The minimum absolute atomic E-state index is 0.248. The number of nitrogen functional groups attached to an aromatic ring is 1. The van der Waals surface area contributed by atoms with Crippen LogP contribution in [0.4, 0.5) is 5.69 Å². The van der Waals surface area contributed by atoms with E-state index >= 15 is 0 Å². The average Bonchev–Trinajstić information content (AvgIpc) is 2.44. The van der Waals surface area contributed by atoms with Gasteiger partial charge in [-0.2, -0.15) is 0 Å². The van der Waals surface area contributed by atoms with Gasteiger partial charge in [-0.3, -0.25) is 4.79 Å². The molecule has 0 unspecified atom stereocenters. The number of hydrogen-bond acceptors (Lipinski definition) is 2. The topological polar surface area (TPSA) is 55.1 Å². The molecule has 0 bridgehead atoms. The molecular formula is C15H13Cl3N2O. The quantitative estimate of drug-likeness (QED) is 0.792. The van der Waals surface area contributed by atoms with Gasteiger partial charge in [0.2, 0.25) is 0 Å². The fourth-order valence-electron chi connectivity index (χ4n) is 1.90. The highest BCUT2D eigenvalue weighted by Gasteiger charge is 2.15. The van der Waals surface area contributed by atoms with E-state index in [0.29, 0.717) is 10.6 Å². The first-order valence-electron chi connectivity index (χ1n) is 6.20. The minimum atomic E-state index is -0.300. The number of amides is 1. The highest BCUT2D eigenvalue weighted by atomic mass is 35.5. The van der Waals surface area contributed by atoms with Gasteiger partial charge >= 0.3 is 0 Å². The summed E-state index contributed by atoms with van der Waals surface area (Å²) in [5.41, 5.74) is 7.09. The zero-order valence-electron chi connectivity index (χ0n) is 11.2. The molecule has 0 saturated heterocycles. The second kappa shape index (κ2) is 6.56. The van der Waals surface area contributed by atoms with Crippen LogP contribution in [0.1, 0.15) is 28.9 Å². The van der Waals surface area contributed by atoms with E-state index < -0.39 is 0 Å². The maximum atomic E-state index is 12.2. The lowest BCUT2D eigenvalue weighted by Gasteiger charge is -2.16. The number of hydrogen-bond donors (Lipinski definition) is 2. The van der Waals surface area contributed by atoms with Gasteiger partial charge in [0.1, 0.15) is 0 Å². The van der Waals surface area contributed by atoms with Crippen molar-refractivity contribution in [2.45, 2.75) is 13.0 Å². The van der Waals surface area contributed by atoms with Crippen molar-refractivity contribution in [2.24, 2.45) is 0 Å². The minimum Gasteiger partial charge on any atom is -0.396 e. The highest BCUT2D eigenvalue weighted by Crippen LogP contribution is 2.29. The second-order valence-electron chi connectivity index (χ2n) is 4.57. The molecular weight excluding hydrogens is 331 g/mol. The number of carbonyl (C=O) groups excluding carboxylic acids is 1. The molecule has 3 N–H and O–H groups in total. The highest BCUT2D eigenvalue weighted by molar-refractivity contribution is 6.39. The molecule has 2 aromatic carbocycles. The predicted molar refractivity (Wildman–Crippen MR) is 88.2 cm³/mol. The molecule has 2 aromatic rings. The Balaban J connectivity index is 2.20. The Morgan fingerprint density at radius 3 is 2.24 bits per heavy atom. The first kappa shape index (κ1) is 16.0. The Hall–Kier alpha value is -1.42. The van der Waals surface area contributed by atoms with Crippen molar-refractivity contribution >= 4 is 46.4 Å². The van der Waals surface area contributed by atoms with Crippen LogP contribution in [-0.2, 0) is 0 Å². The van der Waals surface area contributed by atoms with Crippen LogP contribution in [0.2, 0.25) is 15.1 Å². The van der Waals surface area contributed by atoms with Crippen LogP contribution < -0.4 is 11.1 Å². The van der Waals surface area contributed by atoms with Crippen LogP contribution in [0.15, 0.2) is 36.4 Å². The normalized spacial score (nSPS) is 12.0. The molecule has 0 fully saturated rings. The summed E-state index contributed by atoms with van der Waals surface area (Å²) in [5.74, 6) is -0.300. The van der Waals surface area contributed by atoms with Gasteiger partial charge in [-0.15, -0.1) is 0 Å². The number of rotatable bonds is 3. The van der Waals surface area contributed by atoms with E-state index in [2.05, 4.69) is 5.32 Å². The van der Waals surface area contributed by atoms with Crippen molar-refractivity contribution in [1.82, 2.24) is 5.32 Å². The summed E-state index contributed by atoms with van der Waals surface area (Å²) in [6, 6.07) is 10.0. The Labute approximate surface area is 138 Å². The van der Waals surface area contributed by atoms with E-state index in [-0.39, 0.29) is 27.7 Å². The summed E-state index contributed by atoms with van der Waals surface area (Å²) in [6.07, 6.45) is 0. The Morgan fingerprint density at radius 2 is 1.67 bits per heavy atom. The summed E-state index contributed by atoms with van der Waals surface area (Å²) < 4.78 is 0. The average molecular weight is 344 g/mol. The summed E-state index contributed by atoms with van der Waals surface area (Å²) in [4.78, 5) is 12.2. The number of benzene rings is 2. The summed E-state index contributed by atoms with van der Waals surface area (Å²) in [5, 5.41) is 3.94. The van der Waals surface area contributed by atoms with Gasteiger partial charge in [0.15, 0.2) is 0 Å². The first-order valence-corrected chi connectivity index (χ1v) is 7.33. The van der Waals surface area contributed by atoms with Gasteiger partial charge in [-0.1, -0.05) is 53.0 Å². The third-order valence-electron chi connectivity index (χ3n) is 3.06. The van der Waals surface area contributed by atoms with Crippen molar-refractivity contribution in [2.75, 3.05) is 5.73 Å².